The van der Waals surface area contributed by atoms with Gasteiger partial charge in [0, 0.05) is 4.47 Å². The summed E-state index contributed by atoms with van der Waals surface area (Å²) in [5.74, 6) is -0.996. The van der Waals surface area contributed by atoms with Gasteiger partial charge in [0.25, 0.3) is 0 Å². The van der Waals surface area contributed by atoms with Crippen LogP contribution in [0.1, 0.15) is 21.2 Å². The molecule has 90 valence electrons. The van der Waals surface area contributed by atoms with Crippen LogP contribution in [-0.2, 0) is 0 Å². The first-order valence-electron chi connectivity index (χ1n) is 5.06. The van der Waals surface area contributed by atoms with Crippen molar-refractivity contribution in [2.45, 2.75) is 5.92 Å². The number of thiophene rings is 1. The number of Topliss-reactive ketones (excluding diaryl/α,β-unsaturated/α-hetero) is 1. The molecule has 0 N–H and O–H groups in total. The Morgan fingerprint density at radius 2 is 1.94 bits per heavy atom. The van der Waals surface area contributed by atoms with Gasteiger partial charge in [0.2, 0.25) is 0 Å². The van der Waals surface area contributed by atoms with E-state index < -0.39 is 5.92 Å². The van der Waals surface area contributed by atoms with Gasteiger partial charge in [-0.2, -0.15) is 5.26 Å². The number of carbonyl (C=O) groups is 1. The number of hydrogen-bond donors (Lipinski definition) is 0. The third-order valence-corrected chi connectivity index (χ3v) is 4.19. The number of halogens is 2. The molecule has 5 heteroatoms. The molecular formula is C13H7BrClNOS. The summed E-state index contributed by atoms with van der Waals surface area (Å²) in [5.41, 5.74) is 0.690. The first-order chi connectivity index (χ1) is 8.61. The Hall–Kier alpha value is -1.15. The lowest BCUT2D eigenvalue weighted by Crippen LogP contribution is -2.09. The minimum Gasteiger partial charge on any atom is -0.291 e. The van der Waals surface area contributed by atoms with E-state index in [9.17, 15) is 10.1 Å². The first kappa shape index (κ1) is 13.3. The Kier molecular flexibility index (Phi) is 4.18. The molecule has 0 radical (unpaired) electrons. The highest BCUT2D eigenvalue weighted by atomic mass is 79.9. The van der Waals surface area contributed by atoms with Crippen molar-refractivity contribution in [1.82, 2.24) is 0 Å². The molecule has 0 aliphatic rings. The molecule has 1 unspecified atom stereocenters. The Bertz CT molecular complexity index is 615. The number of benzene rings is 1. The minimum absolute atomic E-state index is 0.211. The molecule has 1 aromatic carbocycles. The molecule has 0 fully saturated rings. The average molecular weight is 341 g/mol. The van der Waals surface area contributed by atoms with Crippen molar-refractivity contribution in [2.75, 3.05) is 0 Å². The molecule has 1 atom stereocenters. The summed E-state index contributed by atoms with van der Waals surface area (Å²) in [6.45, 7) is 0. The monoisotopic (exact) mass is 339 g/mol. The quantitative estimate of drug-likeness (QED) is 0.763. The summed E-state index contributed by atoms with van der Waals surface area (Å²) < 4.78 is 1.46. The van der Waals surface area contributed by atoms with E-state index in [2.05, 4.69) is 15.9 Å². The largest absolute Gasteiger partial charge is 0.291 e. The van der Waals surface area contributed by atoms with Crippen molar-refractivity contribution in [3.63, 3.8) is 0 Å². The summed E-state index contributed by atoms with van der Waals surface area (Å²) in [5, 5.41) is 9.18. The molecule has 0 spiro atoms. The van der Waals surface area contributed by atoms with Crippen molar-refractivity contribution < 1.29 is 4.79 Å². The predicted octanol–water partition coefficient (Wildman–Crippen LogP) is 4.65. The summed E-state index contributed by atoms with van der Waals surface area (Å²) >= 11 is 10.3. The lowest BCUT2D eigenvalue weighted by Gasteiger charge is -2.07. The highest BCUT2D eigenvalue weighted by Crippen LogP contribution is 2.28. The second-order valence-corrected chi connectivity index (χ2v) is 6.21. The van der Waals surface area contributed by atoms with Crippen molar-refractivity contribution in [3.05, 3.63) is 55.6 Å². The zero-order valence-corrected chi connectivity index (χ0v) is 12.2. The molecule has 0 amide bonds. The van der Waals surface area contributed by atoms with Gasteiger partial charge < -0.3 is 0 Å². The van der Waals surface area contributed by atoms with Gasteiger partial charge in [-0.1, -0.05) is 39.7 Å². The van der Waals surface area contributed by atoms with E-state index in [0.717, 1.165) is 4.47 Å². The zero-order chi connectivity index (χ0) is 13.1. The Balaban J connectivity index is 2.32. The van der Waals surface area contributed by atoms with E-state index >= 15 is 0 Å². The van der Waals surface area contributed by atoms with E-state index in [-0.39, 0.29) is 5.78 Å². The van der Waals surface area contributed by atoms with Crippen LogP contribution in [0.2, 0.25) is 4.34 Å². The normalized spacial score (nSPS) is 11.8. The maximum Gasteiger partial charge on any atom is 0.194 e. The first-order valence-corrected chi connectivity index (χ1v) is 7.05. The molecule has 0 aliphatic carbocycles. The average Bonchev–Trinajstić information content (AvgIpc) is 2.79. The molecule has 18 heavy (non-hydrogen) atoms. The Morgan fingerprint density at radius 1 is 1.28 bits per heavy atom. The van der Waals surface area contributed by atoms with Crippen LogP contribution in [0.4, 0.5) is 0 Å². The fourth-order valence-electron chi connectivity index (χ4n) is 1.53. The van der Waals surface area contributed by atoms with Crippen LogP contribution in [0.5, 0.6) is 0 Å². The number of hydrogen-bond acceptors (Lipinski definition) is 3. The summed E-state index contributed by atoms with van der Waals surface area (Å²) in [7, 11) is 0. The van der Waals surface area contributed by atoms with E-state index in [1.54, 1.807) is 24.3 Å². The zero-order valence-electron chi connectivity index (χ0n) is 9.06. The summed E-state index contributed by atoms with van der Waals surface area (Å²) in [6.07, 6.45) is 0. The van der Waals surface area contributed by atoms with Crippen LogP contribution in [-0.4, -0.2) is 5.78 Å². The van der Waals surface area contributed by atoms with Gasteiger partial charge in [-0.3, -0.25) is 4.79 Å². The molecular weight excluding hydrogens is 334 g/mol. The minimum atomic E-state index is -0.784. The number of nitrogens with zero attached hydrogens (tertiary/aromatic N) is 1. The second-order valence-electron chi connectivity index (χ2n) is 3.58. The highest BCUT2D eigenvalue weighted by Gasteiger charge is 2.22. The second kappa shape index (κ2) is 5.66. The van der Waals surface area contributed by atoms with Crippen molar-refractivity contribution in [1.29, 1.82) is 5.26 Å². The van der Waals surface area contributed by atoms with Crippen molar-refractivity contribution in [2.24, 2.45) is 0 Å². The van der Waals surface area contributed by atoms with Crippen LogP contribution in [0.15, 0.2) is 40.9 Å². The fourth-order valence-corrected chi connectivity index (χ4v) is 2.81. The van der Waals surface area contributed by atoms with Gasteiger partial charge in [-0.05, 0) is 29.8 Å². The van der Waals surface area contributed by atoms with Gasteiger partial charge >= 0.3 is 0 Å². The molecule has 1 heterocycles. The number of rotatable bonds is 3. The molecule has 0 saturated heterocycles. The van der Waals surface area contributed by atoms with E-state index in [4.69, 9.17) is 11.6 Å². The van der Waals surface area contributed by atoms with Gasteiger partial charge in [0.1, 0.15) is 5.92 Å². The summed E-state index contributed by atoms with van der Waals surface area (Å²) in [4.78, 5) is 12.7. The van der Waals surface area contributed by atoms with Gasteiger partial charge in [0.05, 0.1) is 15.3 Å². The maximum atomic E-state index is 12.2. The predicted molar refractivity (Wildman–Crippen MR) is 76.2 cm³/mol. The maximum absolute atomic E-state index is 12.2. The van der Waals surface area contributed by atoms with Crippen LogP contribution in [0.25, 0.3) is 0 Å². The topological polar surface area (TPSA) is 40.9 Å². The molecule has 2 rings (SSSR count). The van der Waals surface area contributed by atoms with E-state index in [0.29, 0.717) is 14.8 Å². The number of ketones is 1. The smallest absolute Gasteiger partial charge is 0.194 e. The SMILES string of the molecule is N#CC(C(=O)c1ccc(Cl)s1)c1ccc(Br)cc1. The van der Waals surface area contributed by atoms with Crippen LogP contribution >= 0.6 is 38.9 Å². The lowest BCUT2D eigenvalue weighted by atomic mass is 9.95. The third kappa shape index (κ3) is 2.81. The summed E-state index contributed by atoms with van der Waals surface area (Å²) in [6, 6.07) is 12.5. The van der Waals surface area contributed by atoms with Crippen molar-refractivity contribution in [3.8, 4) is 6.07 Å². The number of carbonyl (C=O) groups excluding carboxylic acids is 1. The highest BCUT2D eigenvalue weighted by molar-refractivity contribution is 9.10. The third-order valence-electron chi connectivity index (χ3n) is 2.41. The standard InChI is InChI=1S/C13H7BrClNOS/c14-9-3-1-8(2-4-9)10(7-16)13(17)11-5-6-12(15)18-11/h1-6,10H. The molecule has 2 nitrogen and oxygen atoms in total. The fraction of sp³-hybridized carbons (Fsp3) is 0.0769. The van der Waals surface area contributed by atoms with Crippen LogP contribution < -0.4 is 0 Å². The Morgan fingerprint density at radius 3 is 2.44 bits per heavy atom. The van der Waals surface area contributed by atoms with Gasteiger partial charge in [-0.15, -0.1) is 11.3 Å². The molecule has 1 aromatic heterocycles. The molecule has 0 bridgehead atoms. The molecule has 2 aromatic rings. The van der Waals surface area contributed by atoms with Crippen molar-refractivity contribution >= 4 is 44.7 Å². The Labute approximate surface area is 122 Å². The molecule has 0 aliphatic heterocycles. The molecule has 0 saturated carbocycles. The van der Waals surface area contributed by atoms with E-state index in [1.165, 1.54) is 11.3 Å². The number of nitriles is 1. The lowest BCUT2D eigenvalue weighted by molar-refractivity contribution is 0.0983. The van der Waals surface area contributed by atoms with Crippen LogP contribution in [0, 0.1) is 11.3 Å². The van der Waals surface area contributed by atoms with E-state index in [1.807, 2.05) is 18.2 Å². The van der Waals surface area contributed by atoms with Gasteiger partial charge in [0.15, 0.2) is 5.78 Å². The van der Waals surface area contributed by atoms with Gasteiger partial charge in [-0.25, -0.2) is 0 Å². The van der Waals surface area contributed by atoms with Crippen LogP contribution in [0.3, 0.4) is 0 Å².